The number of alkyl halides is 3. The number of nitrogens with zero attached hydrogens (tertiary/aromatic N) is 1. The summed E-state index contributed by atoms with van der Waals surface area (Å²) in [4.78, 5) is 4.08. The fourth-order valence-corrected chi connectivity index (χ4v) is 1.82. The van der Waals surface area contributed by atoms with Crippen LogP contribution in [0.25, 0.3) is 0 Å². The van der Waals surface area contributed by atoms with Crippen LogP contribution in [0.15, 0.2) is 30.3 Å². The minimum atomic E-state index is -4.72. The van der Waals surface area contributed by atoms with Crippen LogP contribution in [0.5, 0.6) is 5.75 Å². The van der Waals surface area contributed by atoms with Gasteiger partial charge in [-0.1, -0.05) is 12.1 Å². The van der Waals surface area contributed by atoms with Gasteiger partial charge in [-0.05, 0) is 36.2 Å². The van der Waals surface area contributed by atoms with Crippen molar-refractivity contribution in [1.29, 1.82) is 0 Å². The predicted molar refractivity (Wildman–Crippen MR) is 73.7 cm³/mol. The third-order valence-electron chi connectivity index (χ3n) is 2.88. The molecule has 0 amide bonds. The predicted octanol–water partition coefficient (Wildman–Crippen LogP) is 3.04. The lowest BCUT2D eigenvalue weighted by Gasteiger charge is -2.13. The highest BCUT2D eigenvalue weighted by Gasteiger charge is 2.31. The van der Waals surface area contributed by atoms with Crippen molar-refractivity contribution in [3.05, 3.63) is 47.2 Å². The maximum absolute atomic E-state index is 12.3. The molecule has 1 heterocycles. The van der Waals surface area contributed by atoms with Crippen molar-refractivity contribution in [2.45, 2.75) is 19.7 Å². The van der Waals surface area contributed by atoms with Gasteiger partial charge in [0.15, 0.2) is 0 Å². The number of hydrogen-bond acceptors (Lipinski definition) is 4. The average Bonchev–Trinajstić information content (AvgIpc) is 2.36. The van der Waals surface area contributed by atoms with Crippen LogP contribution in [-0.2, 0) is 6.42 Å². The van der Waals surface area contributed by atoms with Gasteiger partial charge in [0, 0.05) is 12.1 Å². The maximum atomic E-state index is 12.3. The van der Waals surface area contributed by atoms with Gasteiger partial charge in [0.05, 0.1) is 5.69 Å². The second-order valence-corrected chi connectivity index (χ2v) is 4.60. The molecule has 0 atom stereocenters. The number of halogens is 3. The van der Waals surface area contributed by atoms with Crippen LogP contribution in [0.1, 0.15) is 16.8 Å². The molecule has 1 aromatic carbocycles. The second kappa shape index (κ2) is 5.51. The highest BCUT2D eigenvalue weighted by molar-refractivity contribution is 5.58. The summed E-state index contributed by atoms with van der Waals surface area (Å²) < 4.78 is 40.9. The van der Waals surface area contributed by atoms with E-state index in [-0.39, 0.29) is 11.6 Å². The van der Waals surface area contributed by atoms with Gasteiger partial charge < -0.3 is 16.2 Å². The van der Waals surface area contributed by atoms with Gasteiger partial charge in [0.1, 0.15) is 11.6 Å². The van der Waals surface area contributed by atoms with Gasteiger partial charge in [-0.25, -0.2) is 4.98 Å². The van der Waals surface area contributed by atoms with Crippen LogP contribution < -0.4 is 16.2 Å². The van der Waals surface area contributed by atoms with Crippen molar-refractivity contribution >= 4 is 11.5 Å². The number of ether oxygens (including phenoxy) is 1. The highest BCUT2D eigenvalue weighted by atomic mass is 19.4. The fraction of sp³-hybridized carbons (Fsp3) is 0.214. The lowest BCUT2D eigenvalue weighted by Crippen LogP contribution is -2.17. The third-order valence-corrected chi connectivity index (χ3v) is 2.88. The van der Waals surface area contributed by atoms with Crippen molar-refractivity contribution in [3.8, 4) is 5.75 Å². The number of aromatic nitrogens is 1. The fourth-order valence-electron chi connectivity index (χ4n) is 1.82. The first-order chi connectivity index (χ1) is 9.74. The number of nitrogen functional groups attached to an aromatic ring is 2. The number of hydrogen-bond donors (Lipinski definition) is 2. The normalized spacial score (nSPS) is 11.4. The van der Waals surface area contributed by atoms with Crippen LogP contribution in [0.3, 0.4) is 0 Å². The Morgan fingerprint density at radius 2 is 1.86 bits per heavy atom. The molecule has 0 fully saturated rings. The van der Waals surface area contributed by atoms with Crippen LogP contribution in [-0.4, -0.2) is 11.3 Å². The Kier molecular flexibility index (Phi) is 3.93. The molecule has 1 aromatic heterocycles. The third kappa shape index (κ3) is 4.01. The summed E-state index contributed by atoms with van der Waals surface area (Å²) in [7, 11) is 0. The molecule has 0 saturated carbocycles. The van der Waals surface area contributed by atoms with Crippen LogP contribution in [0, 0.1) is 6.92 Å². The van der Waals surface area contributed by atoms with Gasteiger partial charge in [0.25, 0.3) is 0 Å². The summed E-state index contributed by atoms with van der Waals surface area (Å²) in [5.74, 6) is -0.0187. The van der Waals surface area contributed by atoms with E-state index in [1.165, 1.54) is 6.07 Å². The van der Waals surface area contributed by atoms with Crippen molar-refractivity contribution in [1.82, 2.24) is 4.98 Å². The van der Waals surface area contributed by atoms with Crippen molar-refractivity contribution in [2.75, 3.05) is 11.5 Å². The number of nitrogens with two attached hydrogens (primary N) is 2. The lowest BCUT2D eigenvalue weighted by atomic mass is 10.1. The summed E-state index contributed by atoms with van der Waals surface area (Å²) in [5.41, 5.74) is 13.2. The zero-order chi connectivity index (χ0) is 15.6. The molecule has 0 spiro atoms. The number of aryl methyl sites for hydroxylation is 1. The first-order valence-electron chi connectivity index (χ1n) is 6.11. The van der Waals surface area contributed by atoms with Crippen LogP contribution in [0.2, 0.25) is 0 Å². The van der Waals surface area contributed by atoms with Crippen LogP contribution >= 0.6 is 0 Å². The van der Waals surface area contributed by atoms with E-state index in [1.54, 1.807) is 31.2 Å². The van der Waals surface area contributed by atoms with Crippen LogP contribution in [0.4, 0.5) is 24.7 Å². The van der Waals surface area contributed by atoms with Crippen molar-refractivity contribution in [3.63, 3.8) is 0 Å². The van der Waals surface area contributed by atoms with Gasteiger partial charge in [-0.2, -0.15) is 0 Å². The summed E-state index contributed by atoms with van der Waals surface area (Å²) in [5, 5.41) is 0. The molecule has 0 unspecified atom stereocenters. The molecule has 0 bridgehead atoms. The molecule has 0 radical (unpaired) electrons. The Morgan fingerprint density at radius 1 is 1.14 bits per heavy atom. The summed E-state index contributed by atoms with van der Waals surface area (Å²) in [6, 6.07) is 7.91. The van der Waals surface area contributed by atoms with E-state index < -0.39 is 6.36 Å². The van der Waals surface area contributed by atoms with Gasteiger partial charge in [-0.3, -0.25) is 0 Å². The summed E-state index contributed by atoms with van der Waals surface area (Å²) in [6.07, 6.45) is -4.38. The molecule has 0 saturated heterocycles. The molecule has 0 aliphatic heterocycles. The Balaban J connectivity index is 2.24. The zero-order valence-corrected chi connectivity index (χ0v) is 11.2. The van der Waals surface area contributed by atoms with Crippen molar-refractivity contribution in [2.24, 2.45) is 0 Å². The average molecular weight is 297 g/mol. The molecule has 2 rings (SSSR count). The lowest BCUT2D eigenvalue weighted by molar-refractivity contribution is -0.274. The quantitative estimate of drug-likeness (QED) is 0.913. The van der Waals surface area contributed by atoms with E-state index in [0.29, 0.717) is 28.9 Å². The SMILES string of the molecule is Cc1ccc(Cc2ccc(N)c(N)n2)cc1OC(F)(F)F. The molecule has 0 aliphatic carbocycles. The molecule has 7 heteroatoms. The van der Waals surface area contributed by atoms with Gasteiger partial charge in [-0.15, -0.1) is 13.2 Å². The Morgan fingerprint density at radius 3 is 2.48 bits per heavy atom. The largest absolute Gasteiger partial charge is 0.573 e. The van der Waals surface area contributed by atoms with E-state index in [1.807, 2.05) is 0 Å². The van der Waals surface area contributed by atoms with E-state index in [4.69, 9.17) is 11.5 Å². The van der Waals surface area contributed by atoms with E-state index in [9.17, 15) is 13.2 Å². The number of rotatable bonds is 3. The molecule has 4 nitrogen and oxygen atoms in total. The Bertz CT molecular complexity index is 656. The minimum Gasteiger partial charge on any atom is -0.406 e. The summed E-state index contributed by atoms with van der Waals surface area (Å²) >= 11 is 0. The van der Waals surface area contributed by atoms with Gasteiger partial charge in [0.2, 0.25) is 0 Å². The molecule has 21 heavy (non-hydrogen) atoms. The topological polar surface area (TPSA) is 74.2 Å². The minimum absolute atomic E-state index is 0.200. The standard InChI is InChI=1S/C14H14F3N3O/c1-8-2-3-9(7-12(8)21-14(15,16)17)6-10-4-5-11(18)13(19)20-10/h2-5,7H,6,18H2,1H3,(H2,19,20). The van der Waals surface area contributed by atoms with Gasteiger partial charge >= 0.3 is 6.36 Å². The maximum Gasteiger partial charge on any atom is 0.573 e. The highest BCUT2D eigenvalue weighted by Crippen LogP contribution is 2.27. The molecule has 0 aliphatic rings. The first-order valence-corrected chi connectivity index (χ1v) is 6.11. The van der Waals surface area contributed by atoms with E-state index in [2.05, 4.69) is 9.72 Å². The number of anilines is 2. The van der Waals surface area contributed by atoms with E-state index in [0.717, 1.165) is 0 Å². The molecule has 2 aromatic rings. The molecular weight excluding hydrogens is 283 g/mol. The Labute approximate surface area is 119 Å². The zero-order valence-electron chi connectivity index (χ0n) is 11.2. The molecule has 4 N–H and O–H groups in total. The van der Waals surface area contributed by atoms with E-state index >= 15 is 0 Å². The molecule has 112 valence electrons. The molecular formula is C14H14F3N3O. The van der Waals surface area contributed by atoms with Crippen molar-refractivity contribution < 1.29 is 17.9 Å². The number of pyridine rings is 1. The second-order valence-electron chi connectivity index (χ2n) is 4.60. The first kappa shape index (κ1) is 15.0. The monoisotopic (exact) mass is 297 g/mol. The smallest absolute Gasteiger partial charge is 0.406 e. The summed E-state index contributed by atoms with van der Waals surface area (Å²) in [6.45, 7) is 1.55. The number of benzene rings is 1. The Hall–Kier alpha value is -2.44.